The molecule has 0 fully saturated rings. The van der Waals surface area contributed by atoms with Gasteiger partial charge in [0.2, 0.25) is 5.89 Å². The molecule has 0 unspecified atom stereocenters. The predicted molar refractivity (Wildman–Crippen MR) is 120 cm³/mol. The Morgan fingerprint density at radius 1 is 1.03 bits per heavy atom. The molecule has 0 saturated heterocycles. The van der Waals surface area contributed by atoms with Gasteiger partial charge in [-0.05, 0) is 24.3 Å². The van der Waals surface area contributed by atoms with Crippen LogP contribution >= 0.6 is 23.4 Å². The van der Waals surface area contributed by atoms with Gasteiger partial charge in [0.1, 0.15) is 12.4 Å². The molecule has 31 heavy (non-hydrogen) atoms. The van der Waals surface area contributed by atoms with Gasteiger partial charge in [0.25, 0.3) is 0 Å². The first-order chi connectivity index (χ1) is 14.9. The van der Waals surface area contributed by atoms with Crippen LogP contribution in [0, 0.1) is 0 Å². The molecule has 0 spiro atoms. The molecule has 0 aliphatic rings. The van der Waals surface area contributed by atoms with Gasteiger partial charge in [-0.2, -0.15) is 4.98 Å². The molecule has 0 radical (unpaired) electrons. The SMILES string of the molecule is CC(C)(C)c1noc(CSc2nnc(COc3ccccc3Cl)n2-c2ccccc2)n1. The quantitative estimate of drug-likeness (QED) is 0.342. The van der Waals surface area contributed by atoms with Gasteiger partial charge < -0.3 is 9.26 Å². The molecule has 0 saturated carbocycles. The van der Waals surface area contributed by atoms with Crippen molar-refractivity contribution in [2.24, 2.45) is 0 Å². The van der Waals surface area contributed by atoms with Gasteiger partial charge in [-0.15, -0.1) is 10.2 Å². The maximum atomic E-state index is 6.21. The molecule has 0 amide bonds. The molecule has 0 aliphatic heterocycles. The van der Waals surface area contributed by atoms with Crippen molar-refractivity contribution in [2.75, 3.05) is 0 Å². The van der Waals surface area contributed by atoms with Crippen molar-refractivity contribution in [3.05, 3.63) is 77.2 Å². The summed E-state index contributed by atoms with van der Waals surface area (Å²) in [5.41, 5.74) is 0.772. The molecule has 2 aromatic heterocycles. The Kier molecular flexibility index (Phi) is 6.29. The molecule has 0 atom stereocenters. The summed E-state index contributed by atoms with van der Waals surface area (Å²) in [5, 5.41) is 14.1. The van der Waals surface area contributed by atoms with Gasteiger partial charge in [-0.1, -0.05) is 79.6 Å². The standard InChI is InChI=1S/C22H22ClN5O2S/c1-22(2,3)20-24-19(30-27-20)14-31-21-26-25-18(28(21)15-9-5-4-6-10-15)13-29-17-12-8-7-11-16(17)23/h4-12H,13-14H2,1-3H3. The second kappa shape index (κ2) is 9.11. The van der Waals surface area contributed by atoms with Gasteiger partial charge >= 0.3 is 0 Å². The summed E-state index contributed by atoms with van der Waals surface area (Å²) < 4.78 is 13.3. The third-order valence-corrected chi connectivity index (χ3v) is 5.60. The van der Waals surface area contributed by atoms with Crippen LogP contribution in [0.4, 0.5) is 0 Å². The number of hydrogen-bond acceptors (Lipinski definition) is 7. The highest BCUT2D eigenvalue weighted by Gasteiger charge is 2.22. The van der Waals surface area contributed by atoms with Crippen molar-refractivity contribution in [1.29, 1.82) is 0 Å². The monoisotopic (exact) mass is 455 g/mol. The highest BCUT2D eigenvalue weighted by atomic mass is 35.5. The lowest BCUT2D eigenvalue weighted by molar-refractivity contribution is 0.293. The van der Waals surface area contributed by atoms with E-state index in [0.717, 1.165) is 5.69 Å². The lowest BCUT2D eigenvalue weighted by atomic mass is 9.96. The molecule has 9 heteroatoms. The predicted octanol–water partition coefficient (Wildman–Crippen LogP) is 5.47. The van der Waals surface area contributed by atoms with Crippen molar-refractivity contribution in [2.45, 2.75) is 43.7 Å². The second-order valence-electron chi connectivity index (χ2n) is 7.84. The Balaban J connectivity index is 1.56. The zero-order valence-corrected chi connectivity index (χ0v) is 19.0. The Hall–Kier alpha value is -2.84. The minimum Gasteiger partial charge on any atom is -0.484 e. The van der Waals surface area contributed by atoms with Crippen LogP contribution in [-0.4, -0.2) is 24.9 Å². The lowest BCUT2D eigenvalue weighted by Gasteiger charge is -2.11. The highest BCUT2D eigenvalue weighted by molar-refractivity contribution is 7.98. The van der Waals surface area contributed by atoms with Crippen LogP contribution in [0.3, 0.4) is 0 Å². The van der Waals surface area contributed by atoms with Crippen LogP contribution in [0.2, 0.25) is 5.02 Å². The summed E-state index contributed by atoms with van der Waals surface area (Å²) in [6.07, 6.45) is 0. The van der Waals surface area contributed by atoms with E-state index in [1.54, 1.807) is 6.07 Å². The zero-order chi connectivity index (χ0) is 21.8. The molecule has 0 bridgehead atoms. The maximum absolute atomic E-state index is 6.21. The number of rotatable bonds is 7. The third kappa shape index (κ3) is 5.08. The fraction of sp³-hybridized carbons (Fsp3) is 0.273. The van der Waals surface area contributed by atoms with Crippen molar-refractivity contribution in [3.63, 3.8) is 0 Å². The Labute approximate surface area is 189 Å². The van der Waals surface area contributed by atoms with Gasteiger partial charge in [0.15, 0.2) is 16.8 Å². The van der Waals surface area contributed by atoms with Crippen LogP contribution in [0.25, 0.3) is 5.69 Å². The van der Waals surface area contributed by atoms with E-state index in [4.69, 9.17) is 20.9 Å². The van der Waals surface area contributed by atoms with Crippen LogP contribution < -0.4 is 4.74 Å². The molecule has 2 heterocycles. The molecule has 2 aromatic carbocycles. The van der Waals surface area contributed by atoms with Crippen molar-refractivity contribution >= 4 is 23.4 Å². The number of thioether (sulfide) groups is 1. The zero-order valence-electron chi connectivity index (χ0n) is 17.4. The number of halogens is 1. The summed E-state index contributed by atoms with van der Waals surface area (Å²) in [6.45, 7) is 6.37. The number of aromatic nitrogens is 5. The summed E-state index contributed by atoms with van der Waals surface area (Å²) >= 11 is 7.68. The van der Waals surface area contributed by atoms with E-state index in [1.807, 2.05) is 73.9 Å². The molecule has 160 valence electrons. The first-order valence-corrected chi connectivity index (χ1v) is 11.1. The van der Waals surface area contributed by atoms with E-state index < -0.39 is 0 Å². The normalized spacial score (nSPS) is 11.6. The maximum Gasteiger partial charge on any atom is 0.237 e. The van der Waals surface area contributed by atoms with E-state index in [-0.39, 0.29) is 12.0 Å². The van der Waals surface area contributed by atoms with Crippen molar-refractivity contribution in [3.8, 4) is 11.4 Å². The minimum absolute atomic E-state index is 0.167. The van der Waals surface area contributed by atoms with Crippen molar-refractivity contribution in [1.82, 2.24) is 24.9 Å². The number of para-hydroxylation sites is 2. The van der Waals surface area contributed by atoms with Gasteiger partial charge in [-0.25, -0.2) is 0 Å². The topological polar surface area (TPSA) is 78.9 Å². The molecular formula is C22H22ClN5O2S. The van der Waals surface area contributed by atoms with Gasteiger partial charge in [0.05, 0.1) is 10.8 Å². The van der Waals surface area contributed by atoms with Crippen molar-refractivity contribution < 1.29 is 9.26 Å². The van der Waals surface area contributed by atoms with E-state index in [0.29, 0.717) is 39.2 Å². The molecule has 7 nitrogen and oxygen atoms in total. The minimum atomic E-state index is -0.167. The van der Waals surface area contributed by atoms with E-state index >= 15 is 0 Å². The number of nitrogens with zero attached hydrogens (tertiary/aromatic N) is 5. The highest BCUT2D eigenvalue weighted by Crippen LogP contribution is 2.28. The average molecular weight is 456 g/mol. The average Bonchev–Trinajstić information content (AvgIpc) is 3.39. The first kappa shape index (κ1) is 21.4. The molecular weight excluding hydrogens is 434 g/mol. The first-order valence-electron chi connectivity index (χ1n) is 9.75. The lowest BCUT2D eigenvalue weighted by Crippen LogP contribution is -2.13. The Morgan fingerprint density at radius 2 is 1.77 bits per heavy atom. The van der Waals surface area contributed by atoms with Gasteiger partial charge in [-0.3, -0.25) is 4.57 Å². The van der Waals surface area contributed by atoms with E-state index in [9.17, 15) is 0 Å². The van der Waals surface area contributed by atoms with Crippen LogP contribution in [-0.2, 0) is 17.8 Å². The summed E-state index contributed by atoms with van der Waals surface area (Å²) in [6, 6.07) is 17.2. The number of hydrogen-bond donors (Lipinski definition) is 0. The molecule has 4 rings (SSSR count). The van der Waals surface area contributed by atoms with Gasteiger partial charge in [0, 0.05) is 11.1 Å². The third-order valence-electron chi connectivity index (χ3n) is 4.37. The smallest absolute Gasteiger partial charge is 0.237 e. The number of ether oxygens (including phenoxy) is 1. The molecule has 0 N–H and O–H groups in total. The largest absolute Gasteiger partial charge is 0.484 e. The van der Waals surface area contributed by atoms with E-state index in [2.05, 4.69) is 20.3 Å². The summed E-state index contributed by atoms with van der Waals surface area (Å²) in [4.78, 5) is 4.50. The molecule has 0 aliphatic carbocycles. The fourth-order valence-corrected chi connectivity index (χ4v) is 3.77. The summed E-state index contributed by atoms with van der Waals surface area (Å²) in [7, 11) is 0. The Morgan fingerprint density at radius 3 is 2.48 bits per heavy atom. The molecule has 4 aromatic rings. The Bertz CT molecular complexity index is 1150. The summed E-state index contributed by atoms with van der Waals surface area (Å²) in [5.74, 6) is 2.98. The fourth-order valence-electron chi connectivity index (χ4n) is 2.77. The second-order valence-corrected chi connectivity index (χ2v) is 9.19. The van der Waals surface area contributed by atoms with Crippen LogP contribution in [0.5, 0.6) is 5.75 Å². The van der Waals surface area contributed by atoms with Crippen LogP contribution in [0.15, 0.2) is 64.3 Å². The van der Waals surface area contributed by atoms with Crippen LogP contribution in [0.1, 0.15) is 38.3 Å². The van der Waals surface area contributed by atoms with E-state index in [1.165, 1.54) is 11.8 Å². The number of benzene rings is 2.